The van der Waals surface area contributed by atoms with E-state index >= 15 is 0 Å². The van der Waals surface area contributed by atoms with Gasteiger partial charge < -0.3 is 14.4 Å². The van der Waals surface area contributed by atoms with Gasteiger partial charge in [-0.15, -0.1) is 0 Å². The summed E-state index contributed by atoms with van der Waals surface area (Å²) in [6.07, 6.45) is 2.06. The maximum Gasteiger partial charge on any atom is 0.273 e. The number of aromatic nitrogens is 2. The van der Waals surface area contributed by atoms with Crippen molar-refractivity contribution >= 4 is 5.91 Å². The van der Waals surface area contributed by atoms with Crippen LogP contribution in [0.15, 0.2) is 48.5 Å². The van der Waals surface area contributed by atoms with E-state index in [2.05, 4.69) is 31.0 Å². The van der Waals surface area contributed by atoms with Gasteiger partial charge >= 0.3 is 0 Å². The molecular weight excluding hydrogens is 414 g/mol. The Morgan fingerprint density at radius 3 is 2.55 bits per heavy atom. The van der Waals surface area contributed by atoms with Gasteiger partial charge in [0.25, 0.3) is 5.91 Å². The first-order chi connectivity index (χ1) is 16.0. The monoisotopic (exact) mass is 447 g/mol. The quantitative estimate of drug-likeness (QED) is 0.396. The van der Waals surface area contributed by atoms with E-state index in [0.29, 0.717) is 37.1 Å². The number of nitrogens with zero attached hydrogens (tertiary/aromatic N) is 2. The van der Waals surface area contributed by atoms with Crippen LogP contribution in [0.5, 0.6) is 11.5 Å². The van der Waals surface area contributed by atoms with Crippen molar-refractivity contribution in [2.45, 2.75) is 46.6 Å². The van der Waals surface area contributed by atoms with Crippen LogP contribution in [0.3, 0.4) is 0 Å². The van der Waals surface area contributed by atoms with E-state index < -0.39 is 0 Å². The molecule has 1 aromatic heterocycles. The summed E-state index contributed by atoms with van der Waals surface area (Å²) < 4.78 is 11.9. The van der Waals surface area contributed by atoms with E-state index in [0.717, 1.165) is 41.0 Å². The van der Waals surface area contributed by atoms with Gasteiger partial charge in [0.15, 0.2) is 11.5 Å². The van der Waals surface area contributed by atoms with E-state index in [9.17, 15) is 4.79 Å². The summed E-state index contributed by atoms with van der Waals surface area (Å²) in [7, 11) is 0. The summed E-state index contributed by atoms with van der Waals surface area (Å²) >= 11 is 0. The Labute approximate surface area is 195 Å². The lowest BCUT2D eigenvalue weighted by Crippen LogP contribution is -2.32. The molecule has 1 N–H and O–H groups in total. The first kappa shape index (κ1) is 22.9. The third-order valence-electron chi connectivity index (χ3n) is 5.81. The van der Waals surface area contributed by atoms with Crippen LogP contribution >= 0.6 is 0 Å². The molecule has 0 radical (unpaired) electrons. The molecule has 1 aliphatic heterocycles. The summed E-state index contributed by atoms with van der Waals surface area (Å²) in [5, 5.41) is 7.57. The Bertz CT molecular complexity index is 1090. The molecule has 33 heavy (non-hydrogen) atoms. The number of ether oxygens (including phenoxy) is 2. The van der Waals surface area contributed by atoms with Gasteiger partial charge in [0.05, 0.1) is 24.9 Å². The zero-order valence-electron chi connectivity index (χ0n) is 19.9. The van der Waals surface area contributed by atoms with Gasteiger partial charge in [0.1, 0.15) is 5.69 Å². The highest BCUT2D eigenvalue weighted by Gasteiger charge is 2.42. The second-order valence-corrected chi connectivity index (χ2v) is 8.82. The number of unbranched alkanes of at least 4 members (excludes halogenated alkanes) is 1. The molecule has 0 aliphatic carbocycles. The fourth-order valence-corrected chi connectivity index (χ4v) is 4.35. The van der Waals surface area contributed by atoms with Crippen molar-refractivity contribution in [3.8, 4) is 22.8 Å². The molecule has 0 saturated heterocycles. The molecule has 1 aliphatic rings. The molecule has 6 heteroatoms. The molecule has 1 unspecified atom stereocenters. The second kappa shape index (κ2) is 10.1. The maximum absolute atomic E-state index is 13.4. The van der Waals surface area contributed by atoms with Crippen molar-refractivity contribution in [3.63, 3.8) is 0 Å². The van der Waals surface area contributed by atoms with Crippen LogP contribution in [0.4, 0.5) is 0 Å². The van der Waals surface area contributed by atoms with Crippen LogP contribution in [0, 0.1) is 5.92 Å². The Morgan fingerprint density at radius 1 is 1.06 bits per heavy atom. The standard InChI is InChI=1S/C27H33N3O3/c1-5-7-15-33-21-14-13-20(16-22(21)32-6-2)26-23-24(19-11-9-8-10-12-19)28-29-25(23)27(31)30(26)17-18(3)4/h8-14,16,18,26H,5-7,15,17H2,1-4H3,(H,28,29). The SMILES string of the molecule is CCCCOc1ccc(C2c3c(-c4ccccc4)n[nH]c3C(=O)N2CC(C)C)cc1OCC. The largest absolute Gasteiger partial charge is 0.490 e. The van der Waals surface area contributed by atoms with E-state index in [1.807, 2.05) is 60.4 Å². The first-order valence-electron chi connectivity index (χ1n) is 11.9. The molecule has 1 amide bonds. The highest BCUT2D eigenvalue weighted by atomic mass is 16.5. The second-order valence-electron chi connectivity index (χ2n) is 8.82. The smallest absolute Gasteiger partial charge is 0.273 e. The zero-order valence-corrected chi connectivity index (χ0v) is 19.9. The van der Waals surface area contributed by atoms with E-state index in [-0.39, 0.29) is 11.9 Å². The van der Waals surface area contributed by atoms with Crippen LogP contribution in [-0.4, -0.2) is 40.8 Å². The maximum atomic E-state index is 13.4. The van der Waals surface area contributed by atoms with Crippen molar-refractivity contribution in [3.05, 3.63) is 65.4 Å². The fraction of sp³-hybridized carbons (Fsp3) is 0.407. The number of hydrogen-bond donors (Lipinski definition) is 1. The number of aromatic amines is 1. The average Bonchev–Trinajstić information content (AvgIpc) is 3.35. The fourth-order valence-electron chi connectivity index (χ4n) is 4.35. The van der Waals surface area contributed by atoms with E-state index in [1.165, 1.54) is 0 Å². The van der Waals surface area contributed by atoms with Crippen molar-refractivity contribution in [1.29, 1.82) is 0 Å². The molecule has 0 saturated carbocycles. The molecule has 4 rings (SSSR count). The minimum Gasteiger partial charge on any atom is -0.490 e. The number of rotatable bonds is 10. The Hall–Kier alpha value is -3.28. The van der Waals surface area contributed by atoms with E-state index in [1.54, 1.807) is 0 Å². The summed E-state index contributed by atoms with van der Waals surface area (Å²) in [6, 6.07) is 15.8. The number of hydrogen-bond acceptors (Lipinski definition) is 4. The Balaban J connectivity index is 1.80. The molecule has 2 heterocycles. The Kier molecular flexibility index (Phi) is 7.02. The first-order valence-corrected chi connectivity index (χ1v) is 11.9. The molecule has 2 aromatic carbocycles. The van der Waals surface area contributed by atoms with E-state index in [4.69, 9.17) is 9.47 Å². The predicted molar refractivity (Wildman–Crippen MR) is 130 cm³/mol. The topological polar surface area (TPSA) is 67.5 Å². The normalized spacial score (nSPS) is 15.2. The third-order valence-corrected chi connectivity index (χ3v) is 5.81. The highest BCUT2D eigenvalue weighted by molar-refractivity contribution is 6.00. The lowest BCUT2D eigenvalue weighted by atomic mass is 9.95. The van der Waals surface area contributed by atoms with Crippen LogP contribution in [0.1, 0.15) is 68.2 Å². The summed E-state index contributed by atoms with van der Waals surface area (Å²) in [5.74, 6) is 1.77. The lowest BCUT2D eigenvalue weighted by Gasteiger charge is -2.28. The minimum absolute atomic E-state index is 0.0142. The zero-order chi connectivity index (χ0) is 23.4. The average molecular weight is 448 g/mol. The number of nitrogens with one attached hydrogen (secondary N) is 1. The van der Waals surface area contributed by atoms with Gasteiger partial charge in [-0.05, 0) is 37.0 Å². The van der Waals surface area contributed by atoms with Crippen LogP contribution in [-0.2, 0) is 0 Å². The molecule has 1 atom stereocenters. The number of carbonyl (C=O) groups excluding carboxylic acids is 1. The lowest BCUT2D eigenvalue weighted by molar-refractivity contribution is 0.0722. The molecule has 6 nitrogen and oxygen atoms in total. The van der Waals surface area contributed by atoms with Crippen LogP contribution in [0.2, 0.25) is 0 Å². The number of carbonyl (C=O) groups is 1. The highest BCUT2D eigenvalue weighted by Crippen LogP contribution is 2.44. The van der Waals surface area contributed by atoms with Crippen molar-refractivity contribution in [1.82, 2.24) is 15.1 Å². The molecular formula is C27H33N3O3. The Morgan fingerprint density at radius 2 is 1.85 bits per heavy atom. The molecule has 0 spiro atoms. The number of benzene rings is 2. The van der Waals surface area contributed by atoms with Crippen molar-refractivity contribution < 1.29 is 14.3 Å². The van der Waals surface area contributed by atoms with Crippen molar-refractivity contribution in [2.75, 3.05) is 19.8 Å². The summed E-state index contributed by atoms with van der Waals surface area (Å²) in [6.45, 7) is 10.2. The molecule has 3 aromatic rings. The van der Waals surface area contributed by atoms with Crippen LogP contribution < -0.4 is 9.47 Å². The molecule has 174 valence electrons. The number of H-pyrrole nitrogens is 1. The predicted octanol–water partition coefficient (Wildman–Crippen LogP) is 5.86. The van der Waals surface area contributed by atoms with Gasteiger partial charge in [0, 0.05) is 17.7 Å². The van der Waals surface area contributed by atoms with Crippen LogP contribution in [0.25, 0.3) is 11.3 Å². The minimum atomic E-state index is -0.243. The third kappa shape index (κ3) is 4.61. The summed E-state index contributed by atoms with van der Waals surface area (Å²) in [5.41, 5.74) is 4.29. The van der Waals surface area contributed by atoms with Gasteiger partial charge in [-0.25, -0.2) is 0 Å². The van der Waals surface area contributed by atoms with Gasteiger partial charge in [0.2, 0.25) is 0 Å². The summed E-state index contributed by atoms with van der Waals surface area (Å²) in [4.78, 5) is 15.4. The van der Waals surface area contributed by atoms with Gasteiger partial charge in [-0.1, -0.05) is 63.6 Å². The van der Waals surface area contributed by atoms with Crippen molar-refractivity contribution in [2.24, 2.45) is 5.92 Å². The molecule has 0 fully saturated rings. The molecule has 0 bridgehead atoms. The number of fused-ring (bicyclic) bond motifs is 1. The van der Waals surface area contributed by atoms with Gasteiger partial charge in [-0.2, -0.15) is 5.10 Å². The van der Waals surface area contributed by atoms with Gasteiger partial charge in [-0.3, -0.25) is 9.89 Å². The number of amides is 1.